The van der Waals surface area contributed by atoms with Gasteiger partial charge in [0, 0.05) is 30.3 Å². The van der Waals surface area contributed by atoms with Crippen molar-refractivity contribution in [2.24, 2.45) is 5.92 Å². The van der Waals surface area contributed by atoms with Crippen molar-refractivity contribution in [3.8, 4) is 0 Å². The number of hydrogen-bond acceptors (Lipinski definition) is 6. The van der Waals surface area contributed by atoms with Crippen molar-refractivity contribution in [2.75, 3.05) is 19.6 Å². The Labute approximate surface area is 199 Å². The van der Waals surface area contributed by atoms with Crippen LogP contribution in [0.2, 0.25) is 0 Å². The van der Waals surface area contributed by atoms with Crippen molar-refractivity contribution in [3.05, 3.63) is 95.6 Å². The molecule has 0 amide bonds. The molecule has 0 aromatic heterocycles. The Hall–Kier alpha value is -3.48. The molecule has 0 spiro atoms. The minimum Gasteiger partial charge on any atom is -0.329 e. The molecular formula is C28H28N2O4. The molecule has 5 rings (SSSR count). The zero-order valence-corrected chi connectivity index (χ0v) is 19.2. The monoisotopic (exact) mass is 456 g/mol. The molecule has 0 N–H and O–H groups in total. The Bertz CT molecular complexity index is 1220. The van der Waals surface area contributed by atoms with E-state index in [0.29, 0.717) is 12.1 Å². The lowest BCUT2D eigenvalue weighted by atomic mass is 9.89. The zero-order valence-electron chi connectivity index (χ0n) is 19.2. The van der Waals surface area contributed by atoms with E-state index in [2.05, 4.69) is 17.0 Å². The molecule has 0 saturated carbocycles. The lowest BCUT2D eigenvalue weighted by molar-refractivity contribution is -0.322. The van der Waals surface area contributed by atoms with Crippen molar-refractivity contribution >= 4 is 22.7 Å². The van der Waals surface area contributed by atoms with Crippen LogP contribution in [0.3, 0.4) is 0 Å². The first-order chi connectivity index (χ1) is 16.6. The molecule has 3 aromatic carbocycles. The molecule has 2 heterocycles. The molecule has 0 unspecified atom stereocenters. The Morgan fingerprint density at radius 2 is 1.71 bits per heavy atom. The van der Waals surface area contributed by atoms with Crippen LogP contribution in [-0.2, 0) is 25.8 Å². The molecule has 0 bridgehead atoms. The SMILES string of the molecule is C[C@@H](C1=CC(=O)ON(C[C@H]2CCN(Cc3ccccc3)C2)OC1=O)c1cccc2ccccc12. The number of carbonyl (C=O) groups is 2. The van der Waals surface area contributed by atoms with Gasteiger partial charge < -0.3 is 9.68 Å². The molecule has 1 fully saturated rings. The topological polar surface area (TPSA) is 59.1 Å². The van der Waals surface area contributed by atoms with Crippen LogP contribution in [0.4, 0.5) is 0 Å². The van der Waals surface area contributed by atoms with Crippen LogP contribution in [0, 0.1) is 5.92 Å². The molecule has 34 heavy (non-hydrogen) atoms. The summed E-state index contributed by atoms with van der Waals surface area (Å²) in [4.78, 5) is 38.8. The van der Waals surface area contributed by atoms with Crippen molar-refractivity contribution < 1.29 is 19.3 Å². The van der Waals surface area contributed by atoms with Crippen LogP contribution < -0.4 is 0 Å². The summed E-state index contributed by atoms with van der Waals surface area (Å²) < 4.78 is 0. The lowest BCUT2D eigenvalue weighted by Crippen LogP contribution is -2.34. The van der Waals surface area contributed by atoms with E-state index in [-0.39, 0.29) is 11.8 Å². The van der Waals surface area contributed by atoms with Gasteiger partial charge in [-0.1, -0.05) is 79.7 Å². The number of rotatable bonds is 6. The van der Waals surface area contributed by atoms with Crippen LogP contribution in [0.15, 0.2) is 84.4 Å². The zero-order chi connectivity index (χ0) is 23.5. The summed E-state index contributed by atoms with van der Waals surface area (Å²) in [6.45, 7) is 4.96. The molecule has 0 aliphatic carbocycles. The first-order valence-electron chi connectivity index (χ1n) is 11.7. The van der Waals surface area contributed by atoms with Crippen molar-refractivity contribution in [2.45, 2.75) is 25.8 Å². The number of benzene rings is 3. The van der Waals surface area contributed by atoms with Gasteiger partial charge in [0.25, 0.3) is 0 Å². The van der Waals surface area contributed by atoms with Gasteiger partial charge in [-0.3, -0.25) is 4.90 Å². The van der Waals surface area contributed by atoms with Crippen molar-refractivity contribution in [1.82, 2.24) is 10.1 Å². The third kappa shape index (κ3) is 4.88. The fraction of sp³-hybridized carbons (Fsp3) is 0.286. The summed E-state index contributed by atoms with van der Waals surface area (Å²) >= 11 is 0. The highest BCUT2D eigenvalue weighted by Gasteiger charge is 2.33. The maximum atomic E-state index is 13.0. The van der Waals surface area contributed by atoms with E-state index in [1.807, 2.05) is 67.6 Å². The maximum absolute atomic E-state index is 13.0. The number of hydrogen-bond donors (Lipinski definition) is 0. The van der Waals surface area contributed by atoms with E-state index in [0.717, 1.165) is 47.6 Å². The van der Waals surface area contributed by atoms with Crippen molar-refractivity contribution in [3.63, 3.8) is 0 Å². The molecule has 6 heteroatoms. The van der Waals surface area contributed by atoms with Gasteiger partial charge in [0.05, 0.1) is 12.1 Å². The summed E-state index contributed by atoms with van der Waals surface area (Å²) in [5.41, 5.74) is 2.53. The van der Waals surface area contributed by atoms with Gasteiger partial charge in [-0.25, -0.2) is 9.59 Å². The second kappa shape index (κ2) is 9.79. The Morgan fingerprint density at radius 1 is 0.941 bits per heavy atom. The largest absolute Gasteiger partial charge is 0.357 e. The number of likely N-dealkylation sites (tertiary alicyclic amines) is 1. The van der Waals surface area contributed by atoms with Gasteiger partial charge in [0.15, 0.2) is 0 Å². The van der Waals surface area contributed by atoms with E-state index in [9.17, 15) is 9.59 Å². The Kier molecular flexibility index (Phi) is 6.43. The fourth-order valence-electron chi connectivity index (χ4n) is 4.91. The number of fused-ring (bicyclic) bond motifs is 1. The summed E-state index contributed by atoms with van der Waals surface area (Å²) in [7, 11) is 0. The quantitative estimate of drug-likeness (QED) is 0.539. The molecule has 174 valence electrons. The van der Waals surface area contributed by atoms with E-state index in [4.69, 9.17) is 9.68 Å². The Morgan fingerprint density at radius 3 is 2.56 bits per heavy atom. The van der Waals surface area contributed by atoms with Gasteiger partial charge in [0.1, 0.15) is 0 Å². The first kappa shape index (κ1) is 22.3. The Balaban J connectivity index is 1.25. The average molecular weight is 457 g/mol. The predicted octanol–water partition coefficient (Wildman–Crippen LogP) is 4.62. The van der Waals surface area contributed by atoms with Gasteiger partial charge in [0.2, 0.25) is 0 Å². The highest BCUT2D eigenvalue weighted by molar-refractivity contribution is 5.99. The summed E-state index contributed by atoms with van der Waals surface area (Å²) in [6, 6.07) is 24.3. The number of nitrogens with zero attached hydrogens (tertiary/aromatic N) is 2. The molecular weight excluding hydrogens is 428 g/mol. The third-order valence-corrected chi connectivity index (χ3v) is 6.67. The van der Waals surface area contributed by atoms with Gasteiger partial charge >= 0.3 is 11.9 Å². The van der Waals surface area contributed by atoms with E-state index in [1.54, 1.807) is 0 Å². The van der Waals surface area contributed by atoms with Gasteiger partial charge in [-0.2, -0.15) is 0 Å². The second-order valence-electron chi connectivity index (χ2n) is 9.07. The fourth-order valence-corrected chi connectivity index (χ4v) is 4.91. The van der Waals surface area contributed by atoms with E-state index < -0.39 is 11.9 Å². The average Bonchev–Trinajstić information content (AvgIpc) is 3.22. The molecule has 6 nitrogen and oxygen atoms in total. The maximum Gasteiger partial charge on any atom is 0.357 e. The molecule has 2 atom stereocenters. The normalized spacial score (nSPS) is 20.5. The second-order valence-corrected chi connectivity index (χ2v) is 9.07. The van der Waals surface area contributed by atoms with Crippen LogP contribution in [-0.4, -0.2) is 41.7 Å². The molecule has 1 saturated heterocycles. The summed E-state index contributed by atoms with van der Waals surface area (Å²) in [6.07, 6.45) is 2.22. The number of hydroxylamine groups is 2. The standard InChI is InChI=1S/C28H28N2O4/c1-20(24-13-7-11-23-10-5-6-12-25(23)24)26-16-27(31)33-30(34-28(26)32)19-22-14-15-29(18-22)17-21-8-3-2-4-9-21/h2-13,16,20,22H,14-15,17-19H2,1H3/t20-,22+/m1/s1. The summed E-state index contributed by atoms with van der Waals surface area (Å²) in [5.74, 6) is -1.22. The number of carbonyl (C=O) groups excluding carboxylic acids is 2. The van der Waals surface area contributed by atoms with Crippen LogP contribution in [0.1, 0.15) is 30.4 Å². The molecule has 3 aromatic rings. The highest BCUT2D eigenvalue weighted by Crippen LogP contribution is 2.32. The van der Waals surface area contributed by atoms with E-state index in [1.165, 1.54) is 11.6 Å². The predicted molar refractivity (Wildman–Crippen MR) is 129 cm³/mol. The summed E-state index contributed by atoms with van der Waals surface area (Å²) in [5, 5.41) is 3.20. The highest BCUT2D eigenvalue weighted by atomic mass is 17.0. The molecule has 2 aliphatic rings. The van der Waals surface area contributed by atoms with Crippen LogP contribution in [0.25, 0.3) is 10.8 Å². The van der Waals surface area contributed by atoms with Crippen LogP contribution in [0.5, 0.6) is 0 Å². The minimum absolute atomic E-state index is 0.237. The smallest absolute Gasteiger partial charge is 0.329 e. The molecule has 0 radical (unpaired) electrons. The third-order valence-electron chi connectivity index (χ3n) is 6.67. The molecule has 2 aliphatic heterocycles. The van der Waals surface area contributed by atoms with Gasteiger partial charge in [-0.05, 0) is 40.8 Å². The van der Waals surface area contributed by atoms with Crippen molar-refractivity contribution in [1.29, 1.82) is 0 Å². The van der Waals surface area contributed by atoms with Gasteiger partial charge in [-0.15, -0.1) is 0 Å². The van der Waals surface area contributed by atoms with Crippen LogP contribution >= 0.6 is 0 Å². The minimum atomic E-state index is -0.591. The van der Waals surface area contributed by atoms with E-state index >= 15 is 0 Å². The first-order valence-corrected chi connectivity index (χ1v) is 11.7. The lowest BCUT2D eigenvalue weighted by Gasteiger charge is -2.22.